The number of likely N-dealkylation sites (N-methyl/N-ethyl adjacent to an activating group) is 1. The number of hydrogen-bond acceptors (Lipinski definition) is 4. The minimum atomic E-state index is 0.0962. The van der Waals surface area contributed by atoms with E-state index in [1.807, 2.05) is 18.2 Å². The van der Waals surface area contributed by atoms with Crippen molar-refractivity contribution in [2.45, 2.75) is 11.8 Å². The molecule has 0 spiro atoms. The van der Waals surface area contributed by atoms with Crippen LogP contribution in [0, 0.1) is 0 Å². The lowest BCUT2D eigenvalue weighted by atomic mass is 9.75. The first-order valence-corrected chi connectivity index (χ1v) is 9.69. The fraction of sp³-hybridized carbons (Fsp3) is 0.250. The third kappa shape index (κ3) is 2.85. The Morgan fingerprint density at radius 2 is 1.71 bits per heavy atom. The highest BCUT2D eigenvalue weighted by Crippen LogP contribution is 2.48. The van der Waals surface area contributed by atoms with E-state index < -0.39 is 0 Å². The van der Waals surface area contributed by atoms with Gasteiger partial charge in [-0.25, -0.2) is 0 Å². The van der Waals surface area contributed by atoms with E-state index in [-0.39, 0.29) is 17.6 Å². The maximum atomic E-state index is 10.2. The molecule has 2 heterocycles. The summed E-state index contributed by atoms with van der Waals surface area (Å²) in [5.74, 6) is 2.30. The van der Waals surface area contributed by atoms with Crippen molar-refractivity contribution in [3.8, 4) is 17.2 Å². The van der Waals surface area contributed by atoms with Crippen LogP contribution in [-0.2, 0) is 0 Å². The molecule has 3 aromatic rings. The van der Waals surface area contributed by atoms with Crippen molar-refractivity contribution >= 4 is 5.69 Å². The Morgan fingerprint density at radius 3 is 2.57 bits per heavy atom. The van der Waals surface area contributed by atoms with Crippen molar-refractivity contribution in [3.63, 3.8) is 0 Å². The van der Waals surface area contributed by atoms with Gasteiger partial charge in [0, 0.05) is 24.4 Å². The number of rotatable bonds is 2. The van der Waals surface area contributed by atoms with Crippen molar-refractivity contribution in [1.82, 2.24) is 0 Å². The van der Waals surface area contributed by atoms with Crippen LogP contribution >= 0.6 is 0 Å². The van der Waals surface area contributed by atoms with Crippen molar-refractivity contribution in [2.75, 3.05) is 31.7 Å². The zero-order valence-electron chi connectivity index (χ0n) is 15.8. The predicted octanol–water partition coefficient (Wildman–Crippen LogP) is 4.53. The molecule has 0 amide bonds. The average molecular weight is 373 g/mol. The zero-order chi connectivity index (χ0) is 19.1. The summed E-state index contributed by atoms with van der Waals surface area (Å²) in [5, 5.41) is 10.2. The Labute approximate surface area is 165 Å². The number of phenolic OH excluding ortho intramolecular Hbond substituents is 1. The van der Waals surface area contributed by atoms with Gasteiger partial charge < -0.3 is 19.5 Å². The van der Waals surface area contributed by atoms with Crippen molar-refractivity contribution in [3.05, 3.63) is 83.4 Å². The molecule has 2 atom stereocenters. The zero-order valence-corrected chi connectivity index (χ0v) is 15.8. The van der Waals surface area contributed by atoms with Gasteiger partial charge in [0.05, 0.1) is 18.8 Å². The lowest BCUT2D eigenvalue weighted by molar-refractivity contribution is 0.248. The van der Waals surface area contributed by atoms with E-state index in [0.29, 0.717) is 13.2 Å². The molecule has 142 valence electrons. The lowest BCUT2D eigenvalue weighted by Gasteiger charge is -2.36. The molecule has 4 nitrogen and oxygen atoms in total. The SMILES string of the molecule is CN1CCOc2ccc([C@H]3c4cc(O)ccc4OC[C@@H]3c3ccccc3)cc21. The van der Waals surface area contributed by atoms with Gasteiger partial charge in [-0.3, -0.25) is 0 Å². The molecule has 0 fully saturated rings. The van der Waals surface area contributed by atoms with Crippen LogP contribution in [0.3, 0.4) is 0 Å². The Kier molecular flexibility index (Phi) is 4.12. The molecule has 2 aliphatic rings. The minimum absolute atomic E-state index is 0.0962. The molecular weight excluding hydrogens is 350 g/mol. The molecule has 4 heteroatoms. The lowest BCUT2D eigenvalue weighted by Crippen LogP contribution is -2.29. The van der Waals surface area contributed by atoms with Crippen LogP contribution in [0.2, 0.25) is 0 Å². The van der Waals surface area contributed by atoms with Crippen LogP contribution in [0.15, 0.2) is 66.7 Å². The maximum Gasteiger partial charge on any atom is 0.142 e. The molecule has 0 aromatic heterocycles. The van der Waals surface area contributed by atoms with Gasteiger partial charge in [-0.05, 0) is 41.5 Å². The number of anilines is 1. The molecule has 0 radical (unpaired) electrons. The summed E-state index contributed by atoms with van der Waals surface area (Å²) < 4.78 is 11.9. The third-order valence-electron chi connectivity index (χ3n) is 5.81. The minimum Gasteiger partial charge on any atom is -0.508 e. The second-order valence-electron chi connectivity index (χ2n) is 7.53. The van der Waals surface area contributed by atoms with Gasteiger partial charge in [0.25, 0.3) is 0 Å². The summed E-state index contributed by atoms with van der Waals surface area (Å²) in [6.07, 6.45) is 0. The smallest absolute Gasteiger partial charge is 0.142 e. The van der Waals surface area contributed by atoms with E-state index in [2.05, 4.69) is 54.4 Å². The largest absolute Gasteiger partial charge is 0.508 e. The number of aromatic hydroxyl groups is 1. The number of ether oxygens (including phenoxy) is 2. The molecule has 28 heavy (non-hydrogen) atoms. The molecule has 1 N–H and O–H groups in total. The summed E-state index contributed by atoms with van der Waals surface area (Å²) in [7, 11) is 2.10. The second kappa shape index (κ2) is 6.79. The standard InChI is InChI=1S/C24H23NO3/c1-25-11-12-27-23-9-7-17(13-21(23)25)24-19-14-18(26)8-10-22(19)28-15-20(24)16-5-3-2-4-6-16/h2-10,13-14,20,24,26H,11-12,15H2,1H3/t20-,24+/m1/s1. The Hall–Kier alpha value is -3.14. The summed E-state index contributed by atoms with van der Waals surface area (Å²) in [5.41, 5.74) is 4.59. The quantitative estimate of drug-likeness (QED) is 0.717. The van der Waals surface area contributed by atoms with Crippen molar-refractivity contribution in [2.24, 2.45) is 0 Å². The summed E-state index contributed by atoms with van der Waals surface area (Å²) in [6.45, 7) is 2.20. The molecule has 3 aromatic carbocycles. The Balaban J connectivity index is 1.67. The highest BCUT2D eigenvalue weighted by atomic mass is 16.5. The van der Waals surface area contributed by atoms with Crippen LogP contribution in [-0.4, -0.2) is 31.9 Å². The molecule has 2 aliphatic heterocycles. The number of fused-ring (bicyclic) bond motifs is 2. The first kappa shape index (κ1) is 17.0. The highest BCUT2D eigenvalue weighted by Gasteiger charge is 2.34. The van der Waals surface area contributed by atoms with Crippen molar-refractivity contribution in [1.29, 1.82) is 0 Å². The van der Waals surface area contributed by atoms with Crippen LogP contribution in [0.1, 0.15) is 28.5 Å². The van der Waals surface area contributed by atoms with Gasteiger partial charge in [-0.15, -0.1) is 0 Å². The van der Waals surface area contributed by atoms with E-state index >= 15 is 0 Å². The Morgan fingerprint density at radius 1 is 0.893 bits per heavy atom. The van der Waals surface area contributed by atoms with E-state index in [4.69, 9.17) is 9.47 Å². The number of phenols is 1. The molecular formula is C24H23NO3. The molecule has 0 unspecified atom stereocenters. The summed E-state index contributed by atoms with van der Waals surface area (Å²) >= 11 is 0. The van der Waals surface area contributed by atoms with E-state index in [0.717, 1.165) is 29.3 Å². The highest BCUT2D eigenvalue weighted by molar-refractivity contribution is 5.63. The fourth-order valence-corrected chi connectivity index (χ4v) is 4.36. The Bertz CT molecular complexity index is 1000. The van der Waals surface area contributed by atoms with Crippen LogP contribution in [0.4, 0.5) is 5.69 Å². The van der Waals surface area contributed by atoms with Crippen LogP contribution in [0.5, 0.6) is 17.2 Å². The second-order valence-corrected chi connectivity index (χ2v) is 7.53. The number of hydrogen-bond donors (Lipinski definition) is 1. The third-order valence-corrected chi connectivity index (χ3v) is 5.81. The van der Waals surface area contributed by atoms with E-state index in [1.54, 1.807) is 6.07 Å². The maximum absolute atomic E-state index is 10.2. The first-order valence-electron chi connectivity index (χ1n) is 9.69. The van der Waals surface area contributed by atoms with Gasteiger partial charge in [-0.2, -0.15) is 0 Å². The molecule has 0 aliphatic carbocycles. The van der Waals surface area contributed by atoms with Gasteiger partial charge in [-0.1, -0.05) is 36.4 Å². The molecule has 0 saturated carbocycles. The predicted molar refractivity (Wildman–Crippen MR) is 110 cm³/mol. The van der Waals surface area contributed by atoms with Gasteiger partial charge in [0.2, 0.25) is 0 Å². The topological polar surface area (TPSA) is 41.9 Å². The average Bonchev–Trinajstić information content (AvgIpc) is 2.73. The number of benzene rings is 3. The van der Waals surface area contributed by atoms with Crippen molar-refractivity contribution < 1.29 is 14.6 Å². The summed E-state index contributed by atoms with van der Waals surface area (Å²) in [6, 6.07) is 22.3. The number of nitrogens with zero attached hydrogens (tertiary/aromatic N) is 1. The van der Waals surface area contributed by atoms with Crippen LogP contribution < -0.4 is 14.4 Å². The van der Waals surface area contributed by atoms with Crippen LogP contribution in [0.25, 0.3) is 0 Å². The van der Waals surface area contributed by atoms with Gasteiger partial charge >= 0.3 is 0 Å². The normalized spacial score (nSPS) is 20.5. The van der Waals surface area contributed by atoms with E-state index in [9.17, 15) is 5.11 Å². The van der Waals surface area contributed by atoms with Gasteiger partial charge in [0.15, 0.2) is 0 Å². The van der Waals surface area contributed by atoms with E-state index in [1.165, 1.54) is 11.1 Å². The fourth-order valence-electron chi connectivity index (χ4n) is 4.36. The summed E-state index contributed by atoms with van der Waals surface area (Å²) in [4.78, 5) is 2.24. The molecule has 0 saturated heterocycles. The monoisotopic (exact) mass is 373 g/mol. The first-order chi connectivity index (χ1) is 13.7. The molecule has 0 bridgehead atoms. The molecule has 5 rings (SSSR count). The van der Waals surface area contributed by atoms with Gasteiger partial charge in [0.1, 0.15) is 23.9 Å².